The van der Waals surface area contributed by atoms with Crippen molar-refractivity contribution in [3.8, 4) is 0 Å². The Labute approximate surface area is 131 Å². The summed E-state index contributed by atoms with van der Waals surface area (Å²) in [6, 6.07) is 1.18. The molecule has 1 heterocycles. The third kappa shape index (κ3) is 6.23. The van der Waals surface area contributed by atoms with Crippen LogP contribution in [-0.2, 0) is 9.47 Å². The monoisotopic (exact) mass is 300 g/mol. The van der Waals surface area contributed by atoms with Gasteiger partial charge < -0.3 is 14.8 Å². The molecule has 0 amide bonds. The van der Waals surface area contributed by atoms with Crippen LogP contribution in [0.5, 0.6) is 0 Å². The quantitative estimate of drug-likeness (QED) is 0.698. The highest BCUT2D eigenvalue weighted by Gasteiger charge is 2.35. The number of hydrogen-bond acceptors (Lipinski definition) is 4. The molecule has 0 bridgehead atoms. The predicted molar refractivity (Wildman–Crippen MR) is 88.8 cm³/mol. The van der Waals surface area contributed by atoms with Crippen LogP contribution < -0.4 is 5.32 Å². The largest absolute Gasteiger partial charge is 0.382 e. The van der Waals surface area contributed by atoms with Gasteiger partial charge in [-0.15, -0.1) is 0 Å². The second-order valence-corrected chi connectivity index (χ2v) is 7.38. The van der Waals surface area contributed by atoms with Crippen molar-refractivity contribution >= 4 is 0 Å². The highest BCUT2D eigenvalue weighted by Crippen LogP contribution is 2.26. The third-order valence-corrected chi connectivity index (χ3v) is 4.76. The molecular weight excluding hydrogens is 264 g/mol. The summed E-state index contributed by atoms with van der Waals surface area (Å²) >= 11 is 0. The molecule has 0 aromatic rings. The molecule has 0 saturated carbocycles. The van der Waals surface area contributed by atoms with Crippen LogP contribution in [0.4, 0.5) is 0 Å². The molecule has 1 saturated heterocycles. The maximum Gasteiger partial charge on any atom is 0.0700 e. The molecule has 1 aliphatic heterocycles. The van der Waals surface area contributed by atoms with Gasteiger partial charge in [0.2, 0.25) is 0 Å². The fourth-order valence-electron chi connectivity index (χ4n) is 2.92. The van der Waals surface area contributed by atoms with Gasteiger partial charge in [0.25, 0.3) is 0 Å². The molecule has 126 valence electrons. The average Bonchev–Trinajstić information content (AvgIpc) is 2.45. The van der Waals surface area contributed by atoms with E-state index in [0.717, 1.165) is 32.2 Å². The topological polar surface area (TPSA) is 33.7 Å². The molecular formula is C17H36N2O2. The van der Waals surface area contributed by atoms with Gasteiger partial charge in [0.1, 0.15) is 0 Å². The first-order valence-corrected chi connectivity index (χ1v) is 8.44. The van der Waals surface area contributed by atoms with E-state index in [4.69, 9.17) is 9.47 Å². The van der Waals surface area contributed by atoms with Gasteiger partial charge in [0.05, 0.1) is 19.8 Å². The molecule has 0 aliphatic carbocycles. The molecule has 0 aromatic heterocycles. The number of piperazine rings is 1. The van der Waals surface area contributed by atoms with Crippen molar-refractivity contribution in [1.29, 1.82) is 0 Å². The Morgan fingerprint density at radius 1 is 1.24 bits per heavy atom. The van der Waals surface area contributed by atoms with E-state index in [1.807, 2.05) is 0 Å². The van der Waals surface area contributed by atoms with Crippen molar-refractivity contribution in [3.05, 3.63) is 0 Å². The molecule has 1 rings (SSSR count). The summed E-state index contributed by atoms with van der Waals surface area (Å²) in [5.41, 5.74) is 0.301. The lowest BCUT2D eigenvalue weighted by molar-refractivity contribution is 0.0164. The van der Waals surface area contributed by atoms with E-state index in [1.165, 1.54) is 6.42 Å². The zero-order valence-corrected chi connectivity index (χ0v) is 14.9. The molecule has 0 aromatic carbocycles. The minimum Gasteiger partial charge on any atom is -0.382 e. The molecule has 1 fully saturated rings. The van der Waals surface area contributed by atoms with Crippen molar-refractivity contribution in [2.75, 3.05) is 46.6 Å². The Kier molecular flexibility index (Phi) is 8.17. The number of rotatable bonds is 8. The summed E-state index contributed by atoms with van der Waals surface area (Å²) in [5.74, 6) is 0.720. The van der Waals surface area contributed by atoms with Crippen molar-refractivity contribution in [3.63, 3.8) is 0 Å². The Bertz CT molecular complexity index is 278. The first kappa shape index (κ1) is 18.9. The summed E-state index contributed by atoms with van der Waals surface area (Å²) < 4.78 is 10.7. The van der Waals surface area contributed by atoms with Crippen LogP contribution in [0.25, 0.3) is 0 Å². The molecule has 4 heteroatoms. The zero-order chi connectivity index (χ0) is 15.9. The van der Waals surface area contributed by atoms with Gasteiger partial charge in [-0.25, -0.2) is 0 Å². The summed E-state index contributed by atoms with van der Waals surface area (Å²) in [5, 5.41) is 3.76. The standard InChI is InChI=1S/C17H36N2O2/c1-7-14(2)15-12-18-16(17(3,4)5)13-19(15)8-9-21-11-10-20-6/h14-16,18H,7-13H2,1-6H3. The van der Waals surface area contributed by atoms with Crippen molar-refractivity contribution in [2.45, 2.75) is 53.1 Å². The highest BCUT2D eigenvalue weighted by atomic mass is 16.5. The smallest absolute Gasteiger partial charge is 0.0700 e. The van der Waals surface area contributed by atoms with Crippen LogP contribution in [0.3, 0.4) is 0 Å². The predicted octanol–water partition coefficient (Wildman–Crippen LogP) is 2.38. The molecule has 21 heavy (non-hydrogen) atoms. The molecule has 3 unspecified atom stereocenters. The minimum atomic E-state index is 0.301. The molecule has 1 aliphatic rings. The van der Waals surface area contributed by atoms with Crippen LogP contribution in [0.1, 0.15) is 41.0 Å². The van der Waals surface area contributed by atoms with E-state index in [1.54, 1.807) is 7.11 Å². The van der Waals surface area contributed by atoms with Gasteiger partial charge in [-0.05, 0) is 11.3 Å². The minimum absolute atomic E-state index is 0.301. The first-order valence-electron chi connectivity index (χ1n) is 8.44. The Balaban J connectivity index is 2.52. The molecule has 3 atom stereocenters. The van der Waals surface area contributed by atoms with Gasteiger partial charge in [0.15, 0.2) is 0 Å². The molecule has 0 spiro atoms. The normalized spacial score (nSPS) is 26.0. The van der Waals surface area contributed by atoms with Crippen LogP contribution in [-0.4, -0.2) is 63.5 Å². The van der Waals surface area contributed by atoms with E-state index in [2.05, 4.69) is 44.8 Å². The lowest BCUT2D eigenvalue weighted by Gasteiger charge is -2.47. The van der Waals surface area contributed by atoms with Gasteiger partial charge in [-0.1, -0.05) is 41.0 Å². The summed E-state index contributed by atoms with van der Waals surface area (Å²) in [6.45, 7) is 17.0. The molecule has 0 radical (unpaired) electrons. The average molecular weight is 300 g/mol. The van der Waals surface area contributed by atoms with Crippen LogP contribution in [0, 0.1) is 11.3 Å². The Hall–Kier alpha value is -0.160. The van der Waals surface area contributed by atoms with Crippen molar-refractivity contribution in [2.24, 2.45) is 11.3 Å². The Morgan fingerprint density at radius 2 is 1.95 bits per heavy atom. The van der Waals surface area contributed by atoms with Gasteiger partial charge in [-0.3, -0.25) is 4.90 Å². The summed E-state index contributed by atoms with van der Waals surface area (Å²) in [4.78, 5) is 2.63. The maximum absolute atomic E-state index is 5.67. The Morgan fingerprint density at radius 3 is 2.52 bits per heavy atom. The van der Waals surface area contributed by atoms with Crippen molar-refractivity contribution < 1.29 is 9.47 Å². The lowest BCUT2D eigenvalue weighted by Crippen LogP contribution is -2.62. The second-order valence-electron chi connectivity index (χ2n) is 7.38. The SMILES string of the molecule is CCC(C)C1CNC(C(C)(C)C)CN1CCOCCOC. The maximum atomic E-state index is 5.67. The van der Waals surface area contributed by atoms with Gasteiger partial charge in [-0.2, -0.15) is 0 Å². The van der Waals surface area contributed by atoms with Gasteiger partial charge >= 0.3 is 0 Å². The fourth-order valence-corrected chi connectivity index (χ4v) is 2.92. The first-order chi connectivity index (χ1) is 9.90. The second kappa shape index (κ2) is 9.09. The number of ether oxygens (including phenoxy) is 2. The van der Waals surface area contributed by atoms with Crippen molar-refractivity contribution in [1.82, 2.24) is 10.2 Å². The van der Waals surface area contributed by atoms with E-state index in [-0.39, 0.29) is 0 Å². The van der Waals surface area contributed by atoms with Crippen LogP contribution in [0.2, 0.25) is 0 Å². The lowest BCUT2D eigenvalue weighted by atomic mass is 9.83. The molecule has 1 N–H and O–H groups in total. The number of methoxy groups -OCH3 is 1. The molecule has 4 nitrogen and oxygen atoms in total. The highest BCUT2D eigenvalue weighted by molar-refractivity contribution is 4.93. The van der Waals surface area contributed by atoms with E-state index in [0.29, 0.717) is 30.7 Å². The van der Waals surface area contributed by atoms with E-state index >= 15 is 0 Å². The summed E-state index contributed by atoms with van der Waals surface area (Å²) in [7, 11) is 1.71. The van der Waals surface area contributed by atoms with E-state index in [9.17, 15) is 0 Å². The number of hydrogen-bond donors (Lipinski definition) is 1. The van der Waals surface area contributed by atoms with Crippen LogP contribution >= 0.6 is 0 Å². The van der Waals surface area contributed by atoms with E-state index < -0.39 is 0 Å². The number of nitrogens with one attached hydrogen (secondary N) is 1. The zero-order valence-electron chi connectivity index (χ0n) is 14.9. The fraction of sp³-hybridized carbons (Fsp3) is 1.00. The van der Waals surface area contributed by atoms with Gasteiger partial charge in [0, 0.05) is 38.8 Å². The third-order valence-electron chi connectivity index (χ3n) is 4.76. The van der Waals surface area contributed by atoms with Crippen LogP contribution in [0.15, 0.2) is 0 Å². The summed E-state index contributed by atoms with van der Waals surface area (Å²) in [6.07, 6.45) is 1.23. The number of nitrogens with zero attached hydrogens (tertiary/aromatic N) is 1.